The maximum Gasteiger partial charge on any atom is 0.00728 e. The van der Waals surface area contributed by atoms with Crippen molar-refractivity contribution < 1.29 is 0 Å². The molecule has 1 saturated carbocycles. The number of hydrogen-bond donors (Lipinski definition) is 2. The van der Waals surface area contributed by atoms with Crippen LogP contribution >= 0.6 is 0 Å². The van der Waals surface area contributed by atoms with Crippen molar-refractivity contribution in [2.24, 2.45) is 17.8 Å². The number of rotatable bonds is 6. The Labute approximate surface area is 106 Å². The zero-order valence-corrected chi connectivity index (χ0v) is 11.3. The highest BCUT2D eigenvalue weighted by molar-refractivity contribution is 4.92. The second kappa shape index (κ2) is 5.27. The van der Waals surface area contributed by atoms with E-state index in [0.29, 0.717) is 0 Å². The van der Waals surface area contributed by atoms with Crippen molar-refractivity contribution in [1.82, 2.24) is 10.6 Å². The van der Waals surface area contributed by atoms with E-state index in [2.05, 4.69) is 17.6 Å². The second-order valence-electron chi connectivity index (χ2n) is 6.78. The van der Waals surface area contributed by atoms with Crippen LogP contribution in [0, 0.1) is 17.8 Å². The summed E-state index contributed by atoms with van der Waals surface area (Å²) in [5.74, 6) is 2.97. The summed E-state index contributed by atoms with van der Waals surface area (Å²) >= 11 is 0. The first-order valence-corrected chi connectivity index (χ1v) is 7.78. The standard InChI is InChI=1S/C15H28N2/c1-11(13-2-3-13)10-16-7-6-12-8-14-4-5-15(9-12)17-14/h11-17H,2-10H2,1H3. The van der Waals surface area contributed by atoms with Gasteiger partial charge in [0.05, 0.1) is 0 Å². The fourth-order valence-corrected chi connectivity index (χ4v) is 3.88. The van der Waals surface area contributed by atoms with Gasteiger partial charge in [-0.2, -0.15) is 0 Å². The van der Waals surface area contributed by atoms with E-state index < -0.39 is 0 Å². The molecule has 0 spiro atoms. The van der Waals surface area contributed by atoms with Crippen molar-refractivity contribution in [3.05, 3.63) is 0 Å². The summed E-state index contributed by atoms with van der Waals surface area (Å²) in [6.07, 6.45) is 10.1. The van der Waals surface area contributed by atoms with E-state index in [1.165, 1.54) is 58.0 Å². The van der Waals surface area contributed by atoms with E-state index in [0.717, 1.165) is 29.8 Å². The molecule has 2 saturated heterocycles. The van der Waals surface area contributed by atoms with Crippen LogP contribution in [0.4, 0.5) is 0 Å². The predicted octanol–water partition coefficient (Wildman–Crippen LogP) is 2.54. The maximum atomic E-state index is 3.73. The van der Waals surface area contributed by atoms with Gasteiger partial charge in [0.15, 0.2) is 0 Å². The third-order valence-corrected chi connectivity index (χ3v) is 5.19. The molecule has 3 aliphatic rings. The average molecular weight is 236 g/mol. The molecule has 0 amide bonds. The lowest BCUT2D eigenvalue weighted by molar-refractivity contribution is 0.281. The van der Waals surface area contributed by atoms with Gasteiger partial charge >= 0.3 is 0 Å². The van der Waals surface area contributed by atoms with Crippen LogP contribution in [0.1, 0.15) is 51.9 Å². The lowest BCUT2D eigenvalue weighted by Crippen LogP contribution is -2.39. The molecule has 3 rings (SSSR count). The third kappa shape index (κ3) is 3.23. The monoisotopic (exact) mass is 236 g/mol. The summed E-state index contributed by atoms with van der Waals surface area (Å²) in [7, 11) is 0. The molecule has 2 N–H and O–H groups in total. The van der Waals surface area contributed by atoms with Gasteiger partial charge in [0, 0.05) is 12.1 Å². The van der Waals surface area contributed by atoms with Crippen molar-refractivity contribution in [3.8, 4) is 0 Å². The smallest absolute Gasteiger partial charge is 0.00728 e. The first kappa shape index (κ1) is 12.0. The van der Waals surface area contributed by atoms with Crippen LogP contribution in [-0.4, -0.2) is 25.2 Å². The lowest BCUT2D eigenvalue weighted by Gasteiger charge is -2.29. The van der Waals surface area contributed by atoms with Crippen LogP contribution in [0.3, 0.4) is 0 Å². The minimum Gasteiger partial charge on any atom is -0.316 e. The Morgan fingerprint density at radius 2 is 1.82 bits per heavy atom. The molecule has 0 aromatic carbocycles. The molecule has 2 aliphatic heterocycles. The molecule has 1 aliphatic carbocycles. The van der Waals surface area contributed by atoms with Gasteiger partial charge in [0.25, 0.3) is 0 Å². The van der Waals surface area contributed by atoms with E-state index in [1.807, 2.05) is 0 Å². The number of hydrogen-bond acceptors (Lipinski definition) is 2. The molecule has 2 nitrogen and oxygen atoms in total. The average Bonchev–Trinajstić information content (AvgIpc) is 3.11. The van der Waals surface area contributed by atoms with Crippen molar-refractivity contribution in [2.45, 2.75) is 64.0 Å². The summed E-state index contributed by atoms with van der Waals surface area (Å²) in [6, 6.07) is 1.73. The van der Waals surface area contributed by atoms with Crippen molar-refractivity contribution in [2.75, 3.05) is 13.1 Å². The summed E-state index contributed by atoms with van der Waals surface area (Å²) in [4.78, 5) is 0. The fraction of sp³-hybridized carbons (Fsp3) is 1.00. The Morgan fingerprint density at radius 1 is 1.12 bits per heavy atom. The molecule has 0 radical (unpaired) electrons. The Balaban J connectivity index is 1.29. The summed E-state index contributed by atoms with van der Waals surface area (Å²) in [5.41, 5.74) is 0. The van der Waals surface area contributed by atoms with Gasteiger partial charge < -0.3 is 10.6 Å². The zero-order chi connectivity index (χ0) is 11.7. The van der Waals surface area contributed by atoms with Gasteiger partial charge in [0.2, 0.25) is 0 Å². The molecule has 2 bridgehead atoms. The summed E-state index contributed by atoms with van der Waals surface area (Å²) in [5, 5.41) is 7.42. The molecule has 17 heavy (non-hydrogen) atoms. The molecular formula is C15H28N2. The minimum absolute atomic E-state index is 0.865. The van der Waals surface area contributed by atoms with E-state index in [4.69, 9.17) is 0 Å². The van der Waals surface area contributed by atoms with E-state index in [-0.39, 0.29) is 0 Å². The fourth-order valence-electron chi connectivity index (χ4n) is 3.88. The highest BCUT2D eigenvalue weighted by Gasteiger charge is 2.33. The van der Waals surface area contributed by atoms with E-state index in [1.54, 1.807) is 0 Å². The van der Waals surface area contributed by atoms with E-state index in [9.17, 15) is 0 Å². The normalized spacial score (nSPS) is 38.3. The Kier molecular flexibility index (Phi) is 3.72. The Bertz CT molecular complexity index is 237. The topological polar surface area (TPSA) is 24.1 Å². The van der Waals surface area contributed by atoms with Crippen molar-refractivity contribution in [1.29, 1.82) is 0 Å². The largest absolute Gasteiger partial charge is 0.316 e. The van der Waals surface area contributed by atoms with E-state index >= 15 is 0 Å². The minimum atomic E-state index is 0.865. The number of piperidine rings is 1. The first-order chi connectivity index (χ1) is 8.31. The molecule has 3 atom stereocenters. The SMILES string of the molecule is CC(CNCCC1CC2CCC(C1)N2)C1CC1. The molecule has 3 fully saturated rings. The van der Waals surface area contributed by atoms with Crippen LogP contribution < -0.4 is 10.6 Å². The molecule has 2 heteroatoms. The summed E-state index contributed by atoms with van der Waals surface area (Å²) < 4.78 is 0. The number of nitrogens with one attached hydrogen (secondary N) is 2. The molecule has 3 unspecified atom stereocenters. The second-order valence-corrected chi connectivity index (χ2v) is 6.78. The van der Waals surface area contributed by atoms with Gasteiger partial charge in [-0.1, -0.05) is 6.92 Å². The molecular weight excluding hydrogens is 208 g/mol. The highest BCUT2D eigenvalue weighted by atomic mass is 15.0. The zero-order valence-electron chi connectivity index (χ0n) is 11.3. The summed E-state index contributed by atoms with van der Waals surface area (Å²) in [6.45, 7) is 4.92. The third-order valence-electron chi connectivity index (χ3n) is 5.19. The molecule has 0 aromatic heterocycles. The lowest BCUT2D eigenvalue weighted by atomic mass is 9.90. The van der Waals surface area contributed by atoms with Crippen molar-refractivity contribution in [3.63, 3.8) is 0 Å². The molecule has 0 aromatic rings. The van der Waals surface area contributed by atoms with Crippen LogP contribution in [0.5, 0.6) is 0 Å². The molecule has 98 valence electrons. The predicted molar refractivity (Wildman–Crippen MR) is 72.0 cm³/mol. The van der Waals surface area contributed by atoms with Crippen LogP contribution in [0.2, 0.25) is 0 Å². The van der Waals surface area contributed by atoms with Gasteiger partial charge in [-0.25, -0.2) is 0 Å². The van der Waals surface area contributed by atoms with Gasteiger partial charge in [0.1, 0.15) is 0 Å². The maximum absolute atomic E-state index is 3.73. The van der Waals surface area contributed by atoms with Crippen LogP contribution in [-0.2, 0) is 0 Å². The Hall–Kier alpha value is -0.0800. The van der Waals surface area contributed by atoms with Gasteiger partial charge in [-0.05, 0) is 75.8 Å². The van der Waals surface area contributed by atoms with Gasteiger partial charge in [-0.15, -0.1) is 0 Å². The highest BCUT2D eigenvalue weighted by Crippen LogP contribution is 2.36. The quantitative estimate of drug-likeness (QED) is 0.693. The van der Waals surface area contributed by atoms with Crippen LogP contribution in [0.25, 0.3) is 0 Å². The first-order valence-electron chi connectivity index (χ1n) is 7.78. The molecule has 2 heterocycles. The Morgan fingerprint density at radius 3 is 2.47 bits per heavy atom. The van der Waals surface area contributed by atoms with Crippen molar-refractivity contribution >= 4 is 0 Å². The number of fused-ring (bicyclic) bond motifs is 2. The van der Waals surface area contributed by atoms with Crippen LogP contribution in [0.15, 0.2) is 0 Å². The van der Waals surface area contributed by atoms with Gasteiger partial charge in [-0.3, -0.25) is 0 Å².